The molecule has 8 nitrogen and oxygen atoms in total. The lowest BCUT2D eigenvalue weighted by Gasteiger charge is -2.62. The molecule has 0 heterocycles. The Morgan fingerprint density at radius 2 is 1.67 bits per heavy atom. The Bertz CT molecular complexity index is 868. The standard InChI is InChI=1S/C25H36O8/c1-13(26)32-16-8-9-23(3)15(10-16)6-7-17-21(23)19(28)12-24(4)18(22(29)31-5)11-20(25(17,24)30)33-14(2)27/h15-18,20-21,30H,6-12H2,1-5H3/t15?,16?,17?,18?,20-,21?,23?,24?,25?/m0/s1. The van der Waals surface area contributed by atoms with Crippen molar-refractivity contribution in [2.45, 2.75) is 90.4 Å². The van der Waals surface area contributed by atoms with Crippen molar-refractivity contribution in [1.29, 1.82) is 0 Å². The van der Waals surface area contributed by atoms with E-state index in [0.29, 0.717) is 25.7 Å². The Morgan fingerprint density at radius 1 is 1.00 bits per heavy atom. The molecular formula is C25H36O8. The van der Waals surface area contributed by atoms with E-state index in [-0.39, 0.29) is 42.0 Å². The van der Waals surface area contributed by atoms with E-state index in [1.165, 1.54) is 21.0 Å². The van der Waals surface area contributed by atoms with Crippen molar-refractivity contribution >= 4 is 23.7 Å². The van der Waals surface area contributed by atoms with Crippen LogP contribution in [0.3, 0.4) is 0 Å². The first-order valence-electron chi connectivity index (χ1n) is 12.1. The Labute approximate surface area is 194 Å². The minimum absolute atomic E-state index is 0.0396. The van der Waals surface area contributed by atoms with Crippen LogP contribution in [0.4, 0.5) is 0 Å². The van der Waals surface area contributed by atoms with Crippen molar-refractivity contribution in [3.05, 3.63) is 0 Å². The van der Waals surface area contributed by atoms with Crippen LogP contribution in [-0.4, -0.2) is 53.7 Å². The zero-order valence-electron chi connectivity index (χ0n) is 20.2. The summed E-state index contributed by atoms with van der Waals surface area (Å²) in [7, 11) is 1.30. The molecule has 0 aliphatic heterocycles. The van der Waals surface area contributed by atoms with Crippen LogP contribution in [0.5, 0.6) is 0 Å². The third-order valence-electron chi connectivity index (χ3n) is 9.63. The largest absolute Gasteiger partial charge is 0.469 e. The molecule has 8 unspecified atom stereocenters. The summed E-state index contributed by atoms with van der Waals surface area (Å²) >= 11 is 0. The second-order valence-electron chi connectivity index (χ2n) is 11.2. The number of methoxy groups -OCH3 is 1. The fraction of sp³-hybridized carbons (Fsp3) is 0.840. The van der Waals surface area contributed by atoms with Crippen molar-refractivity contribution in [1.82, 2.24) is 0 Å². The number of carbonyl (C=O) groups excluding carboxylic acids is 4. The number of carbonyl (C=O) groups is 4. The number of fused-ring (bicyclic) bond motifs is 5. The van der Waals surface area contributed by atoms with Gasteiger partial charge in [0.05, 0.1) is 13.0 Å². The number of hydrogen-bond acceptors (Lipinski definition) is 8. The fourth-order valence-corrected chi connectivity index (χ4v) is 8.19. The van der Waals surface area contributed by atoms with E-state index in [2.05, 4.69) is 6.92 Å². The second-order valence-corrected chi connectivity index (χ2v) is 11.2. The molecule has 33 heavy (non-hydrogen) atoms. The predicted octanol–water partition coefficient (Wildman–Crippen LogP) is 2.59. The summed E-state index contributed by atoms with van der Waals surface area (Å²) in [5, 5.41) is 12.4. The van der Waals surface area contributed by atoms with Gasteiger partial charge in [0.25, 0.3) is 0 Å². The molecule has 0 spiro atoms. The summed E-state index contributed by atoms with van der Waals surface area (Å²) in [4.78, 5) is 49.9. The molecular weight excluding hydrogens is 428 g/mol. The van der Waals surface area contributed by atoms with E-state index in [1.54, 1.807) is 6.92 Å². The summed E-state index contributed by atoms with van der Waals surface area (Å²) in [6.45, 7) is 6.61. The smallest absolute Gasteiger partial charge is 0.309 e. The molecule has 4 saturated carbocycles. The maximum absolute atomic E-state index is 13.8. The summed E-state index contributed by atoms with van der Waals surface area (Å²) in [6, 6.07) is 0. The maximum Gasteiger partial charge on any atom is 0.309 e. The Morgan fingerprint density at radius 3 is 2.27 bits per heavy atom. The molecule has 0 saturated heterocycles. The fourth-order valence-electron chi connectivity index (χ4n) is 8.19. The number of aliphatic hydroxyl groups is 1. The highest BCUT2D eigenvalue weighted by Gasteiger charge is 2.75. The van der Waals surface area contributed by atoms with Crippen LogP contribution in [0.25, 0.3) is 0 Å². The molecule has 0 aromatic rings. The molecule has 4 fully saturated rings. The molecule has 184 valence electrons. The minimum atomic E-state index is -1.50. The SMILES string of the molecule is COC(=O)C1C[C@H](OC(C)=O)C2(O)C3CCC4CC(OC(C)=O)CCC4(C)C3C(=O)CC12C. The summed E-state index contributed by atoms with van der Waals surface area (Å²) in [5.74, 6) is -2.60. The van der Waals surface area contributed by atoms with Gasteiger partial charge in [0.2, 0.25) is 0 Å². The first-order chi connectivity index (χ1) is 15.4. The number of ketones is 1. The van der Waals surface area contributed by atoms with E-state index >= 15 is 0 Å². The van der Waals surface area contributed by atoms with Crippen LogP contribution in [0.2, 0.25) is 0 Å². The van der Waals surface area contributed by atoms with Gasteiger partial charge in [0.15, 0.2) is 0 Å². The van der Waals surface area contributed by atoms with Crippen molar-refractivity contribution < 1.29 is 38.5 Å². The van der Waals surface area contributed by atoms with Gasteiger partial charge in [-0.15, -0.1) is 0 Å². The molecule has 0 bridgehead atoms. The van der Waals surface area contributed by atoms with E-state index in [1.807, 2.05) is 0 Å². The van der Waals surface area contributed by atoms with Crippen LogP contribution >= 0.6 is 0 Å². The molecule has 0 radical (unpaired) electrons. The number of Topliss-reactive ketones (excluding diaryl/α,β-unsaturated/α-hetero) is 1. The predicted molar refractivity (Wildman–Crippen MR) is 116 cm³/mol. The highest BCUT2D eigenvalue weighted by atomic mass is 16.6. The van der Waals surface area contributed by atoms with Crippen molar-refractivity contribution in [3.63, 3.8) is 0 Å². The summed E-state index contributed by atoms with van der Waals surface area (Å²) in [5.41, 5.74) is -2.93. The third-order valence-corrected chi connectivity index (χ3v) is 9.63. The number of ether oxygens (including phenoxy) is 3. The lowest BCUT2D eigenvalue weighted by molar-refractivity contribution is -0.235. The Hall–Kier alpha value is -1.96. The van der Waals surface area contributed by atoms with Gasteiger partial charge >= 0.3 is 17.9 Å². The van der Waals surface area contributed by atoms with Gasteiger partial charge in [-0.3, -0.25) is 19.2 Å². The number of hydrogen-bond donors (Lipinski definition) is 1. The van der Waals surface area contributed by atoms with Crippen LogP contribution in [0, 0.1) is 34.5 Å². The highest BCUT2D eigenvalue weighted by Crippen LogP contribution is 2.68. The lowest BCUT2D eigenvalue weighted by atomic mass is 9.42. The van der Waals surface area contributed by atoms with Gasteiger partial charge in [-0.1, -0.05) is 13.8 Å². The summed E-state index contributed by atoms with van der Waals surface area (Å²) < 4.78 is 16.1. The van der Waals surface area contributed by atoms with Gasteiger partial charge < -0.3 is 19.3 Å². The average molecular weight is 465 g/mol. The third kappa shape index (κ3) is 3.43. The maximum atomic E-state index is 13.8. The Kier molecular flexibility index (Phi) is 5.91. The van der Waals surface area contributed by atoms with Gasteiger partial charge in [0.1, 0.15) is 23.6 Å². The molecule has 0 aromatic heterocycles. The highest BCUT2D eigenvalue weighted by molar-refractivity contribution is 5.87. The first kappa shape index (κ1) is 24.2. The van der Waals surface area contributed by atoms with Gasteiger partial charge in [0, 0.05) is 43.9 Å². The first-order valence-corrected chi connectivity index (χ1v) is 12.1. The molecule has 0 aromatic carbocycles. The molecule has 0 amide bonds. The van der Waals surface area contributed by atoms with Gasteiger partial charge in [-0.05, 0) is 43.4 Å². The average Bonchev–Trinajstić information content (AvgIpc) is 2.94. The van der Waals surface area contributed by atoms with E-state index in [4.69, 9.17) is 14.2 Å². The molecule has 4 aliphatic rings. The van der Waals surface area contributed by atoms with Crippen LogP contribution in [0.1, 0.15) is 72.6 Å². The number of esters is 3. The van der Waals surface area contributed by atoms with E-state index < -0.39 is 46.8 Å². The zero-order chi connectivity index (χ0) is 24.3. The van der Waals surface area contributed by atoms with Gasteiger partial charge in [-0.2, -0.15) is 0 Å². The number of rotatable bonds is 3. The molecule has 1 N–H and O–H groups in total. The second kappa shape index (κ2) is 8.07. The lowest BCUT2D eigenvalue weighted by Crippen LogP contribution is -2.68. The normalized spacial score (nSPS) is 46.4. The quantitative estimate of drug-likeness (QED) is 0.500. The monoisotopic (exact) mass is 464 g/mol. The molecule has 4 rings (SSSR count). The minimum Gasteiger partial charge on any atom is -0.469 e. The van der Waals surface area contributed by atoms with Crippen LogP contribution < -0.4 is 0 Å². The van der Waals surface area contributed by atoms with Crippen molar-refractivity contribution in [3.8, 4) is 0 Å². The zero-order valence-corrected chi connectivity index (χ0v) is 20.2. The summed E-state index contributed by atoms with van der Waals surface area (Å²) in [6.07, 6.45) is 2.63. The van der Waals surface area contributed by atoms with Gasteiger partial charge in [-0.25, -0.2) is 0 Å². The van der Waals surface area contributed by atoms with Crippen molar-refractivity contribution in [2.24, 2.45) is 34.5 Å². The molecule has 4 aliphatic carbocycles. The van der Waals surface area contributed by atoms with E-state index in [9.17, 15) is 24.3 Å². The molecule has 8 heteroatoms. The van der Waals surface area contributed by atoms with Crippen LogP contribution in [0.15, 0.2) is 0 Å². The van der Waals surface area contributed by atoms with Crippen molar-refractivity contribution in [2.75, 3.05) is 7.11 Å². The topological polar surface area (TPSA) is 116 Å². The van der Waals surface area contributed by atoms with E-state index in [0.717, 1.165) is 6.42 Å². The molecule has 9 atom stereocenters. The van der Waals surface area contributed by atoms with Crippen LogP contribution in [-0.2, 0) is 33.4 Å². The Balaban J connectivity index is 1.72.